The molecule has 4 nitrogen and oxygen atoms in total. The van der Waals surface area contributed by atoms with E-state index in [9.17, 15) is 0 Å². The van der Waals surface area contributed by atoms with Crippen molar-refractivity contribution in [1.29, 1.82) is 0 Å². The lowest BCUT2D eigenvalue weighted by molar-refractivity contribution is 0.196. The number of rotatable bonds is 1. The predicted octanol–water partition coefficient (Wildman–Crippen LogP) is 6.48. The van der Waals surface area contributed by atoms with Crippen LogP contribution in [0.3, 0.4) is 0 Å². The minimum atomic E-state index is 0. The number of halogens is 4. The van der Waals surface area contributed by atoms with Crippen LogP contribution in [0, 0.1) is 11.8 Å². The highest BCUT2D eigenvalue weighted by atomic mass is 35.5. The Hall–Kier alpha value is 1.000. The molecular weight excluding hydrogens is 342 g/mol. The Morgan fingerprint density at radius 1 is 0.350 bits per heavy atom. The summed E-state index contributed by atoms with van der Waals surface area (Å²) in [6.45, 7) is 0. The molecule has 0 aromatic heterocycles. The van der Waals surface area contributed by atoms with Crippen LogP contribution in [0.25, 0.3) is 0 Å². The molecule has 0 aromatic carbocycles. The minimum absolute atomic E-state index is 0. The van der Waals surface area contributed by atoms with E-state index in [1.807, 2.05) is 0 Å². The molecule has 0 heterocycles. The first kappa shape index (κ1) is 42.9. The van der Waals surface area contributed by atoms with Gasteiger partial charge in [-0.2, -0.15) is 0 Å². The third-order valence-corrected chi connectivity index (χ3v) is 3.97. The molecule has 2 aliphatic rings. The molecule has 20 heavy (non-hydrogen) atoms. The molecule has 0 amide bonds. The van der Waals surface area contributed by atoms with Crippen LogP contribution in [0.1, 0.15) is 64.2 Å². The maximum Gasteiger partial charge on any atom is -0.0386 e. The molecule has 0 saturated heterocycles. The normalized spacial score (nSPS) is 17.4. The smallest absolute Gasteiger partial charge is 0.0386 e. The molecule has 0 radical (unpaired) electrons. The molecule has 2 aliphatic carbocycles. The molecule has 2 fully saturated rings. The SMILES string of the molecule is C1CCC(C2CCCCC2)CC1.Cl.Cl.Cl.Cl.N.N.N.N. The Kier molecular flexibility index (Phi) is 53.5. The standard InChI is InChI=1S/C12H22.4ClH.4H3N/c1-3-7-11(8-4-1)12-9-5-2-6-10-12;;;;;;;;/h11-12H,1-10H2;4*1H;4*1H3. The van der Waals surface area contributed by atoms with Crippen molar-refractivity contribution in [2.24, 2.45) is 11.8 Å². The fourth-order valence-electron chi connectivity index (χ4n) is 3.21. The first-order valence-electron chi connectivity index (χ1n) is 5.97. The summed E-state index contributed by atoms with van der Waals surface area (Å²) >= 11 is 0. The van der Waals surface area contributed by atoms with Gasteiger partial charge in [-0.1, -0.05) is 64.2 Å². The summed E-state index contributed by atoms with van der Waals surface area (Å²) in [7, 11) is 0. The fraction of sp³-hybridized carbons (Fsp3) is 1.00. The lowest BCUT2D eigenvalue weighted by Gasteiger charge is -2.32. The Morgan fingerprint density at radius 3 is 0.750 bits per heavy atom. The highest BCUT2D eigenvalue weighted by molar-refractivity contribution is 5.86. The molecule has 8 heteroatoms. The molecule has 0 aromatic rings. The van der Waals surface area contributed by atoms with Gasteiger partial charge < -0.3 is 24.6 Å². The van der Waals surface area contributed by atoms with E-state index in [-0.39, 0.29) is 74.2 Å². The summed E-state index contributed by atoms with van der Waals surface area (Å²) in [5, 5.41) is 0. The van der Waals surface area contributed by atoms with Gasteiger partial charge in [0, 0.05) is 0 Å². The Labute approximate surface area is 150 Å². The second kappa shape index (κ2) is 25.0. The van der Waals surface area contributed by atoms with E-state index in [2.05, 4.69) is 0 Å². The van der Waals surface area contributed by atoms with E-state index in [0.717, 1.165) is 11.8 Å². The first-order chi connectivity index (χ1) is 5.97. The maximum absolute atomic E-state index is 1.56. The summed E-state index contributed by atoms with van der Waals surface area (Å²) in [5.74, 6) is 2.28. The average Bonchev–Trinajstić information content (AvgIpc) is 2.21. The lowest BCUT2D eigenvalue weighted by atomic mass is 9.73. The van der Waals surface area contributed by atoms with Crippen molar-refractivity contribution in [2.75, 3.05) is 0 Å². The summed E-state index contributed by atoms with van der Waals surface area (Å²) in [4.78, 5) is 0. The van der Waals surface area contributed by atoms with Crippen LogP contribution in [0.15, 0.2) is 0 Å². The van der Waals surface area contributed by atoms with Gasteiger partial charge in [0.15, 0.2) is 0 Å². The minimum Gasteiger partial charge on any atom is -0.344 e. The van der Waals surface area contributed by atoms with Crippen LogP contribution in [-0.2, 0) is 0 Å². The van der Waals surface area contributed by atoms with Crippen LogP contribution in [0.4, 0.5) is 0 Å². The summed E-state index contributed by atoms with van der Waals surface area (Å²) < 4.78 is 0. The molecule has 0 unspecified atom stereocenters. The predicted molar refractivity (Wildman–Crippen MR) is 102 cm³/mol. The third kappa shape index (κ3) is 14.0. The van der Waals surface area contributed by atoms with Crippen LogP contribution < -0.4 is 24.6 Å². The molecule has 0 bridgehead atoms. The van der Waals surface area contributed by atoms with E-state index in [1.54, 1.807) is 25.7 Å². The molecule has 0 aliphatic heterocycles. The van der Waals surface area contributed by atoms with E-state index in [4.69, 9.17) is 0 Å². The second-order valence-electron chi connectivity index (χ2n) is 4.80. The van der Waals surface area contributed by atoms with Gasteiger partial charge in [-0.15, -0.1) is 49.6 Å². The second-order valence-corrected chi connectivity index (χ2v) is 4.80. The van der Waals surface area contributed by atoms with Crippen LogP contribution >= 0.6 is 49.6 Å². The topological polar surface area (TPSA) is 140 Å². The molecule has 0 spiro atoms. The fourth-order valence-corrected chi connectivity index (χ4v) is 3.21. The van der Waals surface area contributed by atoms with Crippen molar-refractivity contribution in [3.63, 3.8) is 0 Å². The van der Waals surface area contributed by atoms with Crippen molar-refractivity contribution >= 4 is 49.6 Å². The van der Waals surface area contributed by atoms with Gasteiger partial charge >= 0.3 is 0 Å². The van der Waals surface area contributed by atoms with Gasteiger partial charge in [0.05, 0.1) is 0 Å². The van der Waals surface area contributed by atoms with Crippen molar-refractivity contribution in [3.05, 3.63) is 0 Å². The lowest BCUT2D eigenvalue weighted by Crippen LogP contribution is -2.20. The number of hydrogen-bond donors (Lipinski definition) is 4. The van der Waals surface area contributed by atoms with Crippen LogP contribution in [-0.4, -0.2) is 0 Å². The quantitative estimate of drug-likeness (QED) is 0.413. The van der Waals surface area contributed by atoms with Gasteiger partial charge in [0.2, 0.25) is 0 Å². The monoisotopic (exact) mass is 378 g/mol. The van der Waals surface area contributed by atoms with E-state index >= 15 is 0 Å². The van der Waals surface area contributed by atoms with Crippen LogP contribution in [0.2, 0.25) is 0 Å². The molecule has 2 saturated carbocycles. The molecule has 134 valence electrons. The first-order valence-corrected chi connectivity index (χ1v) is 5.97. The van der Waals surface area contributed by atoms with E-state index < -0.39 is 0 Å². The Morgan fingerprint density at radius 2 is 0.550 bits per heavy atom. The zero-order valence-electron chi connectivity index (χ0n) is 12.7. The van der Waals surface area contributed by atoms with Crippen molar-refractivity contribution in [3.8, 4) is 0 Å². The summed E-state index contributed by atoms with van der Waals surface area (Å²) in [6, 6.07) is 0. The maximum atomic E-state index is 1.56. The van der Waals surface area contributed by atoms with Crippen LogP contribution in [0.5, 0.6) is 0 Å². The molecule has 12 N–H and O–H groups in total. The van der Waals surface area contributed by atoms with Gasteiger partial charge in [-0.3, -0.25) is 0 Å². The van der Waals surface area contributed by atoms with Gasteiger partial charge in [0.25, 0.3) is 0 Å². The zero-order chi connectivity index (χ0) is 8.23. The van der Waals surface area contributed by atoms with Gasteiger partial charge in [0.1, 0.15) is 0 Å². The van der Waals surface area contributed by atoms with E-state index in [1.165, 1.54) is 38.5 Å². The largest absolute Gasteiger partial charge is 0.344 e. The average molecular weight is 380 g/mol. The molecular formula is C12H38Cl4N4. The Balaban J connectivity index is -0.0000000422. The van der Waals surface area contributed by atoms with Gasteiger partial charge in [-0.25, -0.2) is 0 Å². The highest BCUT2D eigenvalue weighted by Gasteiger charge is 2.24. The Bertz CT molecular complexity index is 127. The van der Waals surface area contributed by atoms with Crippen molar-refractivity contribution < 1.29 is 0 Å². The molecule has 0 atom stereocenters. The van der Waals surface area contributed by atoms with Crippen molar-refractivity contribution in [2.45, 2.75) is 64.2 Å². The van der Waals surface area contributed by atoms with Gasteiger partial charge in [-0.05, 0) is 11.8 Å². The third-order valence-electron chi connectivity index (χ3n) is 3.97. The zero-order valence-corrected chi connectivity index (χ0v) is 16.0. The highest BCUT2D eigenvalue weighted by Crippen LogP contribution is 2.37. The number of hydrogen-bond acceptors (Lipinski definition) is 4. The van der Waals surface area contributed by atoms with Crippen molar-refractivity contribution in [1.82, 2.24) is 24.6 Å². The summed E-state index contributed by atoms with van der Waals surface area (Å²) in [6.07, 6.45) is 15.4. The summed E-state index contributed by atoms with van der Waals surface area (Å²) in [5.41, 5.74) is 0. The van der Waals surface area contributed by atoms with E-state index in [0.29, 0.717) is 0 Å². The molecule has 2 rings (SSSR count).